The molecular weight excluding hydrogens is 180 g/mol. The van der Waals surface area contributed by atoms with Crippen LogP contribution in [0.2, 0.25) is 0 Å². The Kier molecular flexibility index (Phi) is 23.4. The van der Waals surface area contributed by atoms with Gasteiger partial charge in [0.1, 0.15) is 0 Å². The van der Waals surface area contributed by atoms with E-state index >= 15 is 0 Å². The van der Waals surface area contributed by atoms with Gasteiger partial charge in [0, 0.05) is 13.5 Å². The quantitative estimate of drug-likeness (QED) is 0.444. The second-order valence-corrected chi connectivity index (χ2v) is 1.99. The van der Waals surface area contributed by atoms with Gasteiger partial charge in [-0.25, -0.2) is 0 Å². The standard InChI is InChI=1S/C4H10O2.C2H4O2.CH2O2/c1-4(6)2-3-5;1-2(3)4;2-1-3/h4-6H,2-3H2,1H3;1H3,(H,3,4);1H,(H,2,3). The molecule has 13 heavy (non-hydrogen) atoms. The molecule has 0 rings (SSSR count). The Hall–Kier alpha value is -1.14. The third-order valence-electron chi connectivity index (χ3n) is 0.547. The van der Waals surface area contributed by atoms with E-state index in [9.17, 15) is 0 Å². The summed E-state index contributed by atoms with van der Waals surface area (Å²) in [6.45, 7) is 2.56. The Morgan fingerprint density at radius 1 is 1.54 bits per heavy atom. The van der Waals surface area contributed by atoms with Crippen molar-refractivity contribution in [1.29, 1.82) is 0 Å². The van der Waals surface area contributed by atoms with Gasteiger partial charge < -0.3 is 20.4 Å². The molecule has 0 saturated carbocycles. The molecule has 0 saturated heterocycles. The SMILES string of the molecule is CC(=O)O.CC(O)CCO.O=CO. The van der Waals surface area contributed by atoms with Crippen molar-refractivity contribution in [1.82, 2.24) is 0 Å². The van der Waals surface area contributed by atoms with Gasteiger partial charge in [-0.05, 0) is 13.3 Å². The normalized spacial score (nSPS) is 9.54. The van der Waals surface area contributed by atoms with E-state index in [0.717, 1.165) is 6.92 Å². The zero-order valence-electron chi connectivity index (χ0n) is 7.67. The summed E-state index contributed by atoms with van der Waals surface area (Å²) in [6.07, 6.45) is 0.134. The summed E-state index contributed by atoms with van der Waals surface area (Å²) in [7, 11) is 0. The summed E-state index contributed by atoms with van der Waals surface area (Å²) in [5.74, 6) is -0.833. The van der Waals surface area contributed by atoms with Crippen LogP contribution in [0.25, 0.3) is 0 Å². The second kappa shape index (κ2) is 17.1. The van der Waals surface area contributed by atoms with Crippen molar-refractivity contribution in [3.63, 3.8) is 0 Å². The molecular formula is C7H16O6. The third-order valence-corrected chi connectivity index (χ3v) is 0.547. The van der Waals surface area contributed by atoms with Crippen molar-refractivity contribution < 1.29 is 30.0 Å². The van der Waals surface area contributed by atoms with Gasteiger partial charge in [0.05, 0.1) is 6.10 Å². The summed E-state index contributed by atoms with van der Waals surface area (Å²) in [5, 5.41) is 30.8. The summed E-state index contributed by atoms with van der Waals surface area (Å²) >= 11 is 0. The van der Waals surface area contributed by atoms with E-state index in [1.165, 1.54) is 0 Å². The number of rotatable bonds is 2. The molecule has 80 valence electrons. The van der Waals surface area contributed by atoms with Crippen molar-refractivity contribution in [3.05, 3.63) is 0 Å². The maximum atomic E-state index is 9.00. The number of carbonyl (C=O) groups is 2. The van der Waals surface area contributed by atoms with Crippen LogP contribution in [0.5, 0.6) is 0 Å². The monoisotopic (exact) mass is 196 g/mol. The topological polar surface area (TPSA) is 115 Å². The van der Waals surface area contributed by atoms with Crippen molar-refractivity contribution in [3.8, 4) is 0 Å². The van der Waals surface area contributed by atoms with Gasteiger partial charge in [-0.1, -0.05) is 0 Å². The van der Waals surface area contributed by atoms with Gasteiger partial charge in [-0.3, -0.25) is 9.59 Å². The van der Waals surface area contributed by atoms with E-state index in [0.29, 0.717) is 6.42 Å². The fourth-order valence-corrected chi connectivity index (χ4v) is 0.187. The average molecular weight is 196 g/mol. The van der Waals surface area contributed by atoms with Crippen LogP contribution in [0.4, 0.5) is 0 Å². The van der Waals surface area contributed by atoms with Crippen LogP contribution < -0.4 is 0 Å². The predicted molar refractivity (Wildman–Crippen MR) is 45.4 cm³/mol. The summed E-state index contributed by atoms with van der Waals surface area (Å²) in [5.41, 5.74) is 0. The molecule has 0 radical (unpaired) electrons. The molecule has 0 fully saturated rings. The van der Waals surface area contributed by atoms with Crippen LogP contribution in [0.15, 0.2) is 0 Å². The zero-order valence-corrected chi connectivity index (χ0v) is 7.67. The van der Waals surface area contributed by atoms with Crippen molar-refractivity contribution >= 4 is 12.4 Å². The maximum Gasteiger partial charge on any atom is 0.300 e. The van der Waals surface area contributed by atoms with Gasteiger partial charge in [0.2, 0.25) is 0 Å². The first-order valence-electron chi connectivity index (χ1n) is 3.48. The lowest BCUT2D eigenvalue weighted by Crippen LogP contribution is -2.00. The van der Waals surface area contributed by atoms with Crippen LogP contribution in [-0.4, -0.2) is 45.6 Å². The van der Waals surface area contributed by atoms with Gasteiger partial charge in [-0.2, -0.15) is 0 Å². The summed E-state index contributed by atoms with van der Waals surface area (Å²) in [6, 6.07) is 0. The predicted octanol–water partition coefficient (Wildman–Crippen LogP) is -0.459. The molecule has 1 atom stereocenters. The highest BCUT2D eigenvalue weighted by Gasteiger charge is 1.88. The largest absolute Gasteiger partial charge is 0.483 e. The number of aliphatic hydroxyl groups excluding tert-OH is 2. The highest BCUT2D eigenvalue weighted by atomic mass is 16.4. The minimum Gasteiger partial charge on any atom is -0.483 e. The Morgan fingerprint density at radius 2 is 1.77 bits per heavy atom. The first kappa shape index (κ1) is 17.8. The molecule has 0 aromatic carbocycles. The Labute approximate surface area is 76.4 Å². The number of carboxylic acid groups (broad SMARTS) is 2. The molecule has 4 N–H and O–H groups in total. The minimum absolute atomic E-state index is 0.0810. The molecule has 0 aromatic rings. The number of hydrogen-bond donors (Lipinski definition) is 4. The average Bonchev–Trinajstić information content (AvgIpc) is 1.86. The number of aliphatic carboxylic acids is 1. The zero-order chi connectivity index (χ0) is 11.3. The molecule has 6 heteroatoms. The lowest BCUT2D eigenvalue weighted by molar-refractivity contribution is -0.134. The summed E-state index contributed by atoms with van der Waals surface area (Å²) in [4.78, 5) is 17.4. The van der Waals surface area contributed by atoms with E-state index in [1.54, 1.807) is 6.92 Å². The molecule has 0 amide bonds. The van der Waals surface area contributed by atoms with E-state index < -0.39 is 5.97 Å². The highest BCUT2D eigenvalue weighted by molar-refractivity contribution is 5.62. The van der Waals surface area contributed by atoms with Crippen LogP contribution in [-0.2, 0) is 9.59 Å². The maximum absolute atomic E-state index is 9.00. The summed E-state index contributed by atoms with van der Waals surface area (Å²) < 4.78 is 0. The number of hydrogen-bond acceptors (Lipinski definition) is 4. The molecule has 1 unspecified atom stereocenters. The van der Waals surface area contributed by atoms with Crippen molar-refractivity contribution in [2.45, 2.75) is 26.4 Å². The highest BCUT2D eigenvalue weighted by Crippen LogP contribution is 1.83. The first-order valence-corrected chi connectivity index (χ1v) is 3.48. The Balaban J connectivity index is -0.000000125. The van der Waals surface area contributed by atoms with Crippen LogP contribution in [0, 0.1) is 0 Å². The van der Waals surface area contributed by atoms with E-state index in [1.807, 2.05) is 0 Å². The minimum atomic E-state index is -0.833. The van der Waals surface area contributed by atoms with Crippen molar-refractivity contribution in [2.75, 3.05) is 6.61 Å². The van der Waals surface area contributed by atoms with Crippen molar-refractivity contribution in [2.24, 2.45) is 0 Å². The number of aliphatic hydroxyl groups is 2. The molecule has 0 bridgehead atoms. The van der Waals surface area contributed by atoms with Crippen LogP contribution in [0.1, 0.15) is 20.3 Å². The van der Waals surface area contributed by atoms with E-state index in [2.05, 4.69) is 0 Å². The van der Waals surface area contributed by atoms with Crippen LogP contribution in [0.3, 0.4) is 0 Å². The Bertz CT molecular complexity index is 108. The lowest BCUT2D eigenvalue weighted by atomic mass is 10.3. The van der Waals surface area contributed by atoms with Gasteiger partial charge in [0.15, 0.2) is 0 Å². The van der Waals surface area contributed by atoms with E-state index in [-0.39, 0.29) is 19.2 Å². The second-order valence-electron chi connectivity index (χ2n) is 1.99. The number of carboxylic acids is 1. The fraction of sp³-hybridized carbons (Fsp3) is 0.714. The first-order chi connectivity index (χ1) is 5.92. The molecule has 0 spiro atoms. The molecule has 0 aliphatic rings. The van der Waals surface area contributed by atoms with Gasteiger partial charge >= 0.3 is 0 Å². The Morgan fingerprint density at radius 3 is 1.77 bits per heavy atom. The lowest BCUT2D eigenvalue weighted by Gasteiger charge is -1.95. The fourth-order valence-electron chi connectivity index (χ4n) is 0.187. The van der Waals surface area contributed by atoms with E-state index in [4.69, 9.17) is 30.0 Å². The van der Waals surface area contributed by atoms with Gasteiger partial charge in [-0.15, -0.1) is 0 Å². The van der Waals surface area contributed by atoms with Gasteiger partial charge in [0.25, 0.3) is 12.4 Å². The molecule has 0 aliphatic carbocycles. The molecule has 6 nitrogen and oxygen atoms in total. The van der Waals surface area contributed by atoms with Crippen LogP contribution >= 0.6 is 0 Å². The third kappa shape index (κ3) is 246. The molecule has 0 aliphatic heterocycles. The molecule has 0 heterocycles. The molecule has 0 aromatic heterocycles. The smallest absolute Gasteiger partial charge is 0.300 e.